The van der Waals surface area contributed by atoms with Crippen LogP contribution in [0.25, 0.3) is 11.1 Å². The van der Waals surface area contributed by atoms with Crippen molar-refractivity contribution in [3.05, 3.63) is 77.9 Å². The van der Waals surface area contributed by atoms with Crippen LogP contribution < -0.4 is 4.74 Å². The van der Waals surface area contributed by atoms with Crippen molar-refractivity contribution in [2.45, 2.75) is 32.8 Å². The monoisotopic (exact) mass is 362 g/mol. The maximum Gasteiger partial charge on any atom is 0.338 e. The summed E-state index contributed by atoms with van der Waals surface area (Å²) in [6.07, 6.45) is 1.44. The Morgan fingerprint density at radius 3 is 2.19 bits per heavy atom. The molecule has 4 heteroatoms. The van der Waals surface area contributed by atoms with Crippen LogP contribution in [0.15, 0.2) is 66.8 Å². The molecule has 0 N–H and O–H groups in total. The van der Waals surface area contributed by atoms with Gasteiger partial charge in [0.2, 0.25) is 0 Å². The van der Waals surface area contributed by atoms with E-state index in [0.29, 0.717) is 16.9 Å². The van der Waals surface area contributed by atoms with Crippen molar-refractivity contribution in [2.75, 3.05) is 0 Å². The molecule has 4 nitrogen and oxygen atoms in total. The van der Waals surface area contributed by atoms with Gasteiger partial charge in [0.25, 0.3) is 0 Å². The molecule has 0 amide bonds. The molecule has 0 fully saturated rings. The predicted octanol–water partition coefficient (Wildman–Crippen LogP) is 4.94. The highest BCUT2D eigenvalue weighted by atomic mass is 16.5. The fourth-order valence-corrected chi connectivity index (χ4v) is 3.01. The molecule has 0 spiro atoms. The molecule has 2 aromatic carbocycles. The smallest absolute Gasteiger partial charge is 0.338 e. The number of hydrogen-bond acceptors (Lipinski definition) is 4. The molecule has 1 aliphatic rings. The molecule has 0 radical (unpaired) electrons. The summed E-state index contributed by atoms with van der Waals surface area (Å²) in [5, 5.41) is 0. The average molecular weight is 362 g/mol. The van der Waals surface area contributed by atoms with Crippen molar-refractivity contribution in [3.63, 3.8) is 0 Å². The molecule has 0 aromatic heterocycles. The van der Waals surface area contributed by atoms with Crippen LogP contribution in [-0.2, 0) is 20.7 Å². The number of fused-ring (bicyclic) bond motifs is 1. The molecule has 1 atom stereocenters. The average Bonchev–Trinajstić information content (AvgIpc) is 3.04. The van der Waals surface area contributed by atoms with E-state index < -0.39 is 5.97 Å². The van der Waals surface area contributed by atoms with Gasteiger partial charge in [0.15, 0.2) is 0 Å². The van der Waals surface area contributed by atoms with Crippen molar-refractivity contribution in [1.82, 2.24) is 0 Å². The summed E-state index contributed by atoms with van der Waals surface area (Å²) in [5.41, 5.74) is 5.01. The molecular formula is C23H22O4. The number of hydrogen-bond donors (Lipinski definition) is 0. The van der Waals surface area contributed by atoms with Crippen LogP contribution in [0.3, 0.4) is 0 Å². The molecule has 27 heavy (non-hydrogen) atoms. The first-order chi connectivity index (χ1) is 12.8. The summed E-state index contributed by atoms with van der Waals surface area (Å²) >= 11 is 0. The van der Waals surface area contributed by atoms with Crippen molar-refractivity contribution in [3.8, 4) is 16.9 Å². The summed E-state index contributed by atoms with van der Waals surface area (Å²) < 4.78 is 10.8. The van der Waals surface area contributed by atoms with E-state index in [-0.39, 0.29) is 12.1 Å². The fourth-order valence-electron chi connectivity index (χ4n) is 3.01. The lowest BCUT2D eigenvalue weighted by atomic mass is 10.00. The third-order valence-electron chi connectivity index (χ3n) is 4.51. The molecule has 2 aromatic rings. The second-order valence-corrected chi connectivity index (χ2v) is 6.82. The van der Waals surface area contributed by atoms with Crippen molar-refractivity contribution >= 4 is 11.9 Å². The number of aryl methyl sites for hydroxylation is 1. The fraction of sp³-hybridized carbons (Fsp3) is 0.217. The van der Waals surface area contributed by atoms with Crippen LogP contribution in [0.5, 0.6) is 5.75 Å². The summed E-state index contributed by atoms with van der Waals surface area (Å²) in [5.74, 6) is -0.328. The Balaban J connectivity index is 1.80. The summed E-state index contributed by atoms with van der Waals surface area (Å²) in [6.45, 7) is 10.5. The van der Waals surface area contributed by atoms with E-state index in [1.807, 2.05) is 12.1 Å². The molecule has 1 aliphatic carbocycles. The topological polar surface area (TPSA) is 52.6 Å². The number of rotatable bonds is 5. The molecule has 0 bridgehead atoms. The molecule has 1 unspecified atom stereocenters. The maximum absolute atomic E-state index is 11.9. The van der Waals surface area contributed by atoms with Gasteiger partial charge in [0, 0.05) is 11.1 Å². The zero-order chi connectivity index (χ0) is 19.6. The lowest BCUT2D eigenvalue weighted by Gasteiger charge is -2.14. The third-order valence-corrected chi connectivity index (χ3v) is 4.51. The highest BCUT2D eigenvalue weighted by Gasteiger charge is 2.26. The number of benzene rings is 2. The van der Waals surface area contributed by atoms with Gasteiger partial charge in [-0.2, -0.15) is 0 Å². The first-order valence-electron chi connectivity index (χ1n) is 8.82. The van der Waals surface area contributed by atoms with E-state index in [0.717, 1.165) is 29.5 Å². The Kier molecular flexibility index (Phi) is 5.26. The van der Waals surface area contributed by atoms with Gasteiger partial charge in [0.1, 0.15) is 11.9 Å². The quantitative estimate of drug-likeness (QED) is 0.429. The molecule has 138 valence electrons. The first kappa shape index (κ1) is 18.6. The molecule has 0 saturated heterocycles. The standard InChI is InChI=1S/C23H22O4/c1-14(2)22(24)26-19-10-7-16(8-11-19)18-6-5-17-9-12-21(20(17)13-18)27-23(25)15(3)4/h5-8,10-11,13,21H,1,3,9,12H2,2,4H3. The molecule has 0 aliphatic heterocycles. The van der Waals surface area contributed by atoms with Gasteiger partial charge < -0.3 is 9.47 Å². The van der Waals surface area contributed by atoms with E-state index in [2.05, 4.69) is 31.4 Å². The first-order valence-corrected chi connectivity index (χ1v) is 8.82. The van der Waals surface area contributed by atoms with Gasteiger partial charge >= 0.3 is 11.9 Å². The highest BCUT2D eigenvalue weighted by molar-refractivity contribution is 5.89. The van der Waals surface area contributed by atoms with Gasteiger partial charge in [-0.25, -0.2) is 9.59 Å². The van der Waals surface area contributed by atoms with Crippen LogP contribution in [-0.4, -0.2) is 11.9 Å². The Labute approximate surface area is 159 Å². The third kappa shape index (κ3) is 4.17. The van der Waals surface area contributed by atoms with Crippen molar-refractivity contribution in [2.24, 2.45) is 0 Å². The summed E-state index contributed by atoms with van der Waals surface area (Å²) in [6, 6.07) is 13.5. The molecule has 3 rings (SSSR count). The number of ether oxygens (including phenoxy) is 2. The zero-order valence-electron chi connectivity index (χ0n) is 15.6. The second kappa shape index (κ2) is 7.62. The second-order valence-electron chi connectivity index (χ2n) is 6.82. The number of carbonyl (C=O) groups is 2. The number of esters is 2. The lowest BCUT2D eigenvalue weighted by molar-refractivity contribution is -0.144. The van der Waals surface area contributed by atoms with Crippen LogP contribution in [0.1, 0.15) is 37.5 Å². The van der Waals surface area contributed by atoms with Gasteiger partial charge in [-0.3, -0.25) is 0 Å². The lowest BCUT2D eigenvalue weighted by Crippen LogP contribution is -2.09. The minimum absolute atomic E-state index is 0.236. The Hall–Kier alpha value is -3.14. The van der Waals surface area contributed by atoms with E-state index in [1.165, 1.54) is 5.56 Å². The SMILES string of the molecule is C=C(C)C(=O)Oc1ccc(-c2ccc3c(c2)C(OC(=O)C(=C)C)CC3)cc1. The highest BCUT2D eigenvalue weighted by Crippen LogP contribution is 2.37. The molecular weight excluding hydrogens is 340 g/mol. The van der Waals surface area contributed by atoms with Crippen LogP contribution in [0.4, 0.5) is 0 Å². The summed E-state index contributed by atoms with van der Waals surface area (Å²) in [7, 11) is 0. The van der Waals surface area contributed by atoms with Crippen LogP contribution in [0.2, 0.25) is 0 Å². The largest absolute Gasteiger partial charge is 0.454 e. The van der Waals surface area contributed by atoms with Gasteiger partial charge in [-0.15, -0.1) is 0 Å². The van der Waals surface area contributed by atoms with Crippen molar-refractivity contribution < 1.29 is 19.1 Å². The minimum Gasteiger partial charge on any atom is -0.454 e. The Bertz CT molecular complexity index is 922. The van der Waals surface area contributed by atoms with E-state index >= 15 is 0 Å². The Morgan fingerprint density at radius 1 is 0.926 bits per heavy atom. The van der Waals surface area contributed by atoms with Crippen LogP contribution >= 0.6 is 0 Å². The van der Waals surface area contributed by atoms with Gasteiger partial charge in [-0.1, -0.05) is 37.4 Å². The van der Waals surface area contributed by atoms with Gasteiger partial charge in [0.05, 0.1) is 0 Å². The predicted molar refractivity (Wildman–Crippen MR) is 104 cm³/mol. The maximum atomic E-state index is 11.9. The van der Waals surface area contributed by atoms with E-state index in [4.69, 9.17) is 9.47 Å². The van der Waals surface area contributed by atoms with E-state index in [9.17, 15) is 9.59 Å². The normalized spacial score (nSPS) is 15.0. The van der Waals surface area contributed by atoms with Crippen LogP contribution in [0, 0.1) is 0 Å². The molecule has 0 saturated carbocycles. The van der Waals surface area contributed by atoms with E-state index in [1.54, 1.807) is 26.0 Å². The minimum atomic E-state index is -0.442. The number of carbonyl (C=O) groups excluding carboxylic acids is 2. The zero-order valence-corrected chi connectivity index (χ0v) is 15.6. The van der Waals surface area contributed by atoms with Crippen molar-refractivity contribution in [1.29, 1.82) is 0 Å². The molecule has 0 heterocycles. The van der Waals surface area contributed by atoms with Gasteiger partial charge in [-0.05, 0) is 67.1 Å². The Morgan fingerprint density at radius 2 is 1.56 bits per heavy atom. The summed E-state index contributed by atoms with van der Waals surface area (Å²) in [4.78, 5) is 23.5.